The number of rotatable bonds is 12. The van der Waals surface area contributed by atoms with Crippen molar-refractivity contribution in [2.75, 3.05) is 17.1 Å². The van der Waals surface area contributed by atoms with Gasteiger partial charge in [0.25, 0.3) is 0 Å². The first-order valence-corrected chi connectivity index (χ1v) is 16.7. The number of halogens is 3. The summed E-state index contributed by atoms with van der Waals surface area (Å²) in [5.74, 6) is -0.414. The Bertz CT molecular complexity index is 1300. The molecule has 0 spiro atoms. The fourth-order valence-corrected chi connectivity index (χ4v) is 6.65. The van der Waals surface area contributed by atoms with Crippen LogP contribution in [0, 0.1) is 6.92 Å². The molecule has 1 fully saturated rings. The smallest absolute Gasteiger partial charge is 0.243 e. The van der Waals surface area contributed by atoms with E-state index in [9.17, 15) is 18.0 Å². The molecule has 0 bridgehead atoms. The molecule has 220 valence electrons. The number of amides is 2. The van der Waals surface area contributed by atoms with Crippen LogP contribution in [0.3, 0.4) is 0 Å². The van der Waals surface area contributed by atoms with Crippen molar-refractivity contribution >= 4 is 62.3 Å². The Morgan fingerprint density at radius 2 is 1.73 bits per heavy atom. The fourth-order valence-electron chi connectivity index (χ4n) is 5.15. The van der Waals surface area contributed by atoms with Gasteiger partial charge in [-0.05, 0) is 68.0 Å². The Balaban J connectivity index is 1.80. The number of carbonyl (C=O) groups excluding carboxylic acids is 2. The molecule has 0 aliphatic heterocycles. The van der Waals surface area contributed by atoms with Gasteiger partial charge in [-0.3, -0.25) is 13.9 Å². The van der Waals surface area contributed by atoms with Crippen LogP contribution in [0.2, 0.25) is 15.1 Å². The monoisotopic (exact) mass is 629 g/mol. The van der Waals surface area contributed by atoms with Crippen LogP contribution in [0.5, 0.6) is 0 Å². The number of hydrogen-bond acceptors (Lipinski definition) is 4. The van der Waals surface area contributed by atoms with Gasteiger partial charge in [0.2, 0.25) is 21.8 Å². The summed E-state index contributed by atoms with van der Waals surface area (Å²) in [7, 11) is -3.63. The lowest BCUT2D eigenvalue weighted by molar-refractivity contribution is -0.141. The normalized spacial score (nSPS) is 14.9. The molecule has 2 amide bonds. The van der Waals surface area contributed by atoms with Crippen LogP contribution < -0.4 is 9.62 Å². The van der Waals surface area contributed by atoms with E-state index in [1.807, 2.05) is 6.92 Å². The highest BCUT2D eigenvalue weighted by molar-refractivity contribution is 7.92. The number of anilines is 1. The van der Waals surface area contributed by atoms with Gasteiger partial charge >= 0.3 is 0 Å². The molecule has 0 unspecified atom stereocenters. The molecule has 2 aromatic rings. The van der Waals surface area contributed by atoms with Crippen molar-refractivity contribution in [2.45, 2.75) is 83.8 Å². The summed E-state index contributed by atoms with van der Waals surface area (Å²) in [5.41, 5.74) is 1.87. The van der Waals surface area contributed by atoms with Gasteiger partial charge in [0, 0.05) is 30.6 Å². The van der Waals surface area contributed by atoms with Crippen LogP contribution in [-0.4, -0.2) is 50.0 Å². The molecule has 2 aromatic carbocycles. The van der Waals surface area contributed by atoms with Crippen LogP contribution in [0.4, 0.5) is 5.69 Å². The first-order valence-electron chi connectivity index (χ1n) is 13.7. The van der Waals surface area contributed by atoms with E-state index in [-0.39, 0.29) is 43.8 Å². The SMILES string of the molecule is CC[C@@H](C(=O)NC1CCCCC1)N(Cc1ccc(Cl)c(Cl)c1)C(=O)CCCN(c1cccc(Cl)c1C)S(C)(=O)=O. The highest BCUT2D eigenvalue weighted by Crippen LogP contribution is 2.29. The Morgan fingerprint density at radius 3 is 2.35 bits per heavy atom. The molecule has 11 heteroatoms. The van der Waals surface area contributed by atoms with E-state index in [0.29, 0.717) is 32.7 Å². The summed E-state index contributed by atoms with van der Waals surface area (Å²) in [6.07, 6.45) is 7.09. The molecular formula is C29H38Cl3N3O4S. The van der Waals surface area contributed by atoms with Crippen molar-refractivity contribution in [1.29, 1.82) is 0 Å². The van der Waals surface area contributed by atoms with Gasteiger partial charge in [-0.25, -0.2) is 8.42 Å². The molecule has 0 aromatic heterocycles. The Hall–Kier alpha value is -2.00. The second-order valence-corrected chi connectivity index (χ2v) is 13.5. The molecule has 1 N–H and O–H groups in total. The molecular weight excluding hydrogens is 593 g/mol. The van der Waals surface area contributed by atoms with Crippen molar-refractivity contribution in [3.8, 4) is 0 Å². The lowest BCUT2D eigenvalue weighted by atomic mass is 9.95. The second-order valence-electron chi connectivity index (χ2n) is 10.4. The minimum Gasteiger partial charge on any atom is -0.352 e. The van der Waals surface area contributed by atoms with Gasteiger partial charge in [-0.15, -0.1) is 0 Å². The maximum Gasteiger partial charge on any atom is 0.243 e. The van der Waals surface area contributed by atoms with Crippen molar-refractivity contribution in [3.05, 3.63) is 62.6 Å². The Morgan fingerprint density at radius 1 is 1.02 bits per heavy atom. The first-order chi connectivity index (χ1) is 18.9. The van der Waals surface area contributed by atoms with E-state index < -0.39 is 16.1 Å². The molecule has 0 saturated heterocycles. The minimum absolute atomic E-state index is 0.0557. The number of sulfonamides is 1. The zero-order chi connectivity index (χ0) is 29.4. The average Bonchev–Trinajstić information content (AvgIpc) is 2.90. The molecule has 1 saturated carbocycles. The standard InChI is InChI=1S/C29H38Cl3N3O4S/c1-4-26(29(37)33-22-10-6-5-7-11-22)34(19-21-15-16-24(31)25(32)18-21)28(36)14-9-17-35(40(3,38)39)27-13-8-12-23(30)20(27)2/h8,12-13,15-16,18,22,26H,4-7,9-11,14,17,19H2,1-3H3,(H,33,37)/t26-/m0/s1. The van der Waals surface area contributed by atoms with Gasteiger partial charge < -0.3 is 10.2 Å². The average molecular weight is 631 g/mol. The first kappa shape index (κ1) is 32.5. The second kappa shape index (κ2) is 14.8. The molecule has 1 aliphatic rings. The zero-order valence-electron chi connectivity index (χ0n) is 23.3. The van der Waals surface area contributed by atoms with Crippen molar-refractivity contribution in [3.63, 3.8) is 0 Å². The predicted octanol–water partition coefficient (Wildman–Crippen LogP) is 6.76. The van der Waals surface area contributed by atoms with Gasteiger partial charge in [0.15, 0.2) is 0 Å². The van der Waals surface area contributed by atoms with Gasteiger partial charge in [-0.2, -0.15) is 0 Å². The number of benzene rings is 2. The predicted molar refractivity (Wildman–Crippen MR) is 164 cm³/mol. The summed E-state index contributed by atoms with van der Waals surface area (Å²) in [5, 5.41) is 4.39. The van der Waals surface area contributed by atoms with Crippen LogP contribution in [0.1, 0.15) is 69.4 Å². The van der Waals surface area contributed by atoms with Crippen LogP contribution in [-0.2, 0) is 26.2 Å². The molecule has 3 rings (SSSR count). The van der Waals surface area contributed by atoms with Crippen molar-refractivity contribution in [2.24, 2.45) is 0 Å². The third-order valence-electron chi connectivity index (χ3n) is 7.33. The summed E-state index contributed by atoms with van der Waals surface area (Å²) in [6.45, 7) is 3.91. The largest absolute Gasteiger partial charge is 0.352 e. The van der Waals surface area contributed by atoms with Crippen LogP contribution in [0.25, 0.3) is 0 Å². The highest BCUT2D eigenvalue weighted by atomic mass is 35.5. The van der Waals surface area contributed by atoms with E-state index in [0.717, 1.165) is 37.5 Å². The topological polar surface area (TPSA) is 86.8 Å². The Kier molecular flexibility index (Phi) is 12.0. The van der Waals surface area contributed by atoms with E-state index in [1.165, 1.54) is 10.7 Å². The number of nitrogens with zero attached hydrogens (tertiary/aromatic N) is 2. The highest BCUT2D eigenvalue weighted by Gasteiger charge is 2.30. The van der Waals surface area contributed by atoms with Gasteiger partial charge in [-0.1, -0.05) is 73.1 Å². The van der Waals surface area contributed by atoms with Crippen molar-refractivity contribution < 1.29 is 18.0 Å². The lowest BCUT2D eigenvalue weighted by Crippen LogP contribution is -2.51. The summed E-state index contributed by atoms with van der Waals surface area (Å²) in [4.78, 5) is 28.7. The van der Waals surface area contributed by atoms with Crippen LogP contribution in [0.15, 0.2) is 36.4 Å². The molecule has 1 atom stereocenters. The third-order valence-corrected chi connectivity index (χ3v) is 9.66. The molecule has 1 aliphatic carbocycles. The molecule has 0 heterocycles. The zero-order valence-corrected chi connectivity index (χ0v) is 26.3. The summed E-state index contributed by atoms with van der Waals surface area (Å²) >= 11 is 18.6. The molecule has 7 nitrogen and oxygen atoms in total. The van der Waals surface area contributed by atoms with E-state index >= 15 is 0 Å². The van der Waals surface area contributed by atoms with Gasteiger partial charge in [0.05, 0.1) is 22.0 Å². The maximum absolute atomic E-state index is 13.7. The maximum atomic E-state index is 13.7. The molecule has 0 radical (unpaired) electrons. The van der Waals surface area contributed by atoms with Crippen molar-refractivity contribution in [1.82, 2.24) is 10.2 Å². The van der Waals surface area contributed by atoms with E-state index in [1.54, 1.807) is 48.2 Å². The Labute approximate surface area is 253 Å². The third kappa shape index (κ3) is 8.75. The van der Waals surface area contributed by atoms with E-state index in [2.05, 4.69) is 5.32 Å². The van der Waals surface area contributed by atoms with Crippen LogP contribution >= 0.6 is 34.8 Å². The number of nitrogens with one attached hydrogen (secondary N) is 1. The lowest BCUT2D eigenvalue weighted by Gasteiger charge is -2.33. The number of hydrogen-bond donors (Lipinski definition) is 1. The number of carbonyl (C=O) groups is 2. The fraction of sp³-hybridized carbons (Fsp3) is 0.517. The van der Waals surface area contributed by atoms with Gasteiger partial charge in [0.1, 0.15) is 6.04 Å². The minimum atomic E-state index is -3.63. The summed E-state index contributed by atoms with van der Waals surface area (Å²) < 4.78 is 26.6. The molecule has 40 heavy (non-hydrogen) atoms. The summed E-state index contributed by atoms with van der Waals surface area (Å²) in [6, 6.07) is 9.69. The van der Waals surface area contributed by atoms with E-state index in [4.69, 9.17) is 34.8 Å². The quantitative estimate of drug-likeness (QED) is 0.281.